The summed E-state index contributed by atoms with van der Waals surface area (Å²) in [6.07, 6.45) is 5.65. The van der Waals surface area contributed by atoms with Crippen LogP contribution < -0.4 is 0 Å². The van der Waals surface area contributed by atoms with Crippen LogP contribution in [0.5, 0.6) is 0 Å². The van der Waals surface area contributed by atoms with Crippen LogP contribution in [0.15, 0.2) is 12.7 Å². The Labute approximate surface area is 79.6 Å². The number of allylic oxidation sites excluding steroid dienone is 1. The van der Waals surface area contributed by atoms with Crippen molar-refractivity contribution in [2.45, 2.75) is 38.4 Å². The maximum atomic E-state index is 10.3. The number of fused-ring (bicyclic) bond motifs is 1. The van der Waals surface area contributed by atoms with Gasteiger partial charge >= 0.3 is 0 Å². The van der Waals surface area contributed by atoms with Crippen molar-refractivity contribution in [3.63, 3.8) is 0 Å². The highest BCUT2D eigenvalue weighted by Gasteiger charge is 2.61. The lowest BCUT2D eigenvalue weighted by Gasteiger charge is -2.37. The molecule has 13 heavy (non-hydrogen) atoms. The van der Waals surface area contributed by atoms with Crippen molar-refractivity contribution in [2.75, 3.05) is 6.61 Å². The highest BCUT2D eigenvalue weighted by atomic mass is 16.6. The van der Waals surface area contributed by atoms with Gasteiger partial charge in [0.15, 0.2) is 5.79 Å². The van der Waals surface area contributed by atoms with Gasteiger partial charge in [0.1, 0.15) is 0 Å². The highest BCUT2D eigenvalue weighted by Crippen LogP contribution is 2.59. The number of hydrogen-bond donors (Lipinski definition) is 1. The van der Waals surface area contributed by atoms with E-state index in [4.69, 9.17) is 4.74 Å². The van der Waals surface area contributed by atoms with Gasteiger partial charge < -0.3 is 9.84 Å². The molecule has 0 spiro atoms. The average Bonchev–Trinajstić information content (AvgIpc) is 2.51. The molecular formula is C11H18O2. The van der Waals surface area contributed by atoms with Gasteiger partial charge in [-0.1, -0.05) is 13.0 Å². The first-order chi connectivity index (χ1) is 6.15. The first-order valence-electron chi connectivity index (χ1n) is 5.12. The molecule has 2 rings (SSSR count). The van der Waals surface area contributed by atoms with Gasteiger partial charge in [0.05, 0.1) is 6.61 Å². The summed E-state index contributed by atoms with van der Waals surface area (Å²) in [6, 6.07) is 0. The molecule has 1 N–H and O–H groups in total. The van der Waals surface area contributed by atoms with Crippen molar-refractivity contribution in [3.05, 3.63) is 12.7 Å². The van der Waals surface area contributed by atoms with Gasteiger partial charge in [-0.2, -0.15) is 0 Å². The second kappa shape index (κ2) is 2.82. The molecule has 2 heteroatoms. The van der Waals surface area contributed by atoms with Crippen LogP contribution in [0.2, 0.25) is 0 Å². The predicted molar refractivity (Wildman–Crippen MR) is 51.2 cm³/mol. The molecule has 0 aromatic heterocycles. The van der Waals surface area contributed by atoms with E-state index in [2.05, 4.69) is 13.5 Å². The fourth-order valence-electron chi connectivity index (χ4n) is 3.10. The van der Waals surface area contributed by atoms with Crippen LogP contribution in [-0.2, 0) is 4.74 Å². The minimum absolute atomic E-state index is 0.0330. The highest BCUT2D eigenvalue weighted by molar-refractivity contribution is 5.07. The molecule has 3 atom stereocenters. The Morgan fingerprint density at radius 2 is 2.38 bits per heavy atom. The molecule has 1 aliphatic heterocycles. The molecule has 1 heterocycles. The Morgan fingerprint density at radius 3 is 3.08 bits per heavy atom. The summed E-state index contributed by atoms with van der Waals surface area (Å²) >= 11 is 0. The van der Waals surface area contributed by atoms with Crippen molar-refractivity contribution < 1.29 is 9.84 Å². The van der Waals surface area contributed by atoms with Crippen LogP contribution in [0.25, 0.3) is 0 Å². The fraction of sp³-hybridized carbons (Fsp3) is 0.818. The van der Waals surface area contributed by atoms with Crippen molar-refractivity contribution in [1.29, 1.82) is 0 Å². The SMILES string of the molecule is C=CCC12CCOC1(O)CCC2C. The third-order valence-corrected chi connectivity index (χ3v) is 4.04. The lowest BCUT2D eigenvalue weighted by molar-refractivity contribution is -0.216. The van der Waals surface area contributed by atoms with Gasteiger partial charge in [-0.3, -0.25) is 0 Å². The van der Waals surface area contributed by atoms with E-state index < -0.39 is 5.79 Å². The van der Waals surface area contributed by atoms with Crippen LogP contribution >= 0.6 is 0 Å². The average molecular weight is 182 g/mol. The van der Waals surface area contributed by atoms with E-state index in [1.165, 1.54) is 0 Å². The summed E-state index contributed by atoms with van der Waals surface area (Å²) in [5.41, 5.74) is -0.0330. The van der Waals surface area contributed by atoms with Crippen LogP contribution in [0.3, 0.4) is 0 Å². The molecule has 0 bridgehead atoms. The van der Waals surface area contributed by atoms with Gasteiger partial charge in [0, 0.05) is 11.8 Å². The molecule has 0 aromatic carbocycles. The Bertz CT molecular complexity index is 226. The smallest absolute Gasteiger partial charge is 0.171 e. The maximum Gasteiger partial charge on any atom is 0.171 e. The van der Waals surface area contributed by atoms with Crippen molar-refractivity contribution >= 4 is 0 Å². The standard InChI is InChI=1S/C11H18O2/c1-3-5-10-7-8-13-11(10,12)6-4-9(10)2/h3,9,12H,1,4-8H2,2H3. The lowest BCUT2D eigenvalue weighted by atomic mass is 9.72. The number of ether oxygens (including phenoxy) is 1. The summed E-state index contributed by atoms with van der Waals surface area (Å²) in [4.78, 5) is 0. The van der Waals surface area contributed by atoms with E-state index >= 15 is 0 Å². The van der Waals surface area contributed by atoms with Crippen molar-refractivity contribution in [3.8, 4) is 0 Å². The second-order valence-corrected chi connectivity index (χ2v) is 4.47. The summed E-state index contributed by atoms with van der Waals surface area (Å²) < 4.78 is 5.50. The van der Waals surface area contributed by atoms with Crippen LogP contribution in [0, 0.1) is 11.3 Å². The minimum atomic E-state index is -0.847. The summed E-state index contributed by atoms with van der Waals surface area (Å²) in [5.74, 6) is -0.293. The van der Waals surface area contributed by atoms with Gasteiger partial charge in [-0.15, -0.1) is 6.58 Å². The van der Waals surface area contributed by atoms with E-state index in [-0.39, 0.29) is 5.41 Å². The van der Waals surface area contributed by atoms with Crippen molar-refractivity contribution in [2.24, 2.45) is 11.3 Å². The van der Waals surface area contributed by atoms with Crippen LogP contribution in [0.1, 0.15) is 32.6 Å². The molecule has 0 radical (unpaired) electrons. The molecule has 3 unspecified atom stereocenters. The molecule has 74 valence electrons. The van der Waals surface area contributed by atoms with E-state index in [0.717, 1.165) is 25.7 Å². The summed E-state index contributed by atoms with van der Waals surface area (Å²) in [6.45, 7) is 6.70. The van der Waals surface area contributed by atoms with Gasteiger partial charge in [0.2, 0.25) is 0 Å². The monoisotopic (exact) mass is 182 g/mol. The number of aliphatic hydroxyl groups is 1. The van der Waals surface area contributed by atoms with E-state index in [1.807, 2.05) is 6.08 Å². The Hall–Kier alpha value is -0.340. The fourth-order valence-corrected chi connectivity index (χ4v) is 3.10. The Kier molecular flexibility index (Phi) is 2.00. The summed E-state index contributed by atoms with van der Waals surface area (Å²) in [5, 5.41) is 10.3. The van der Waals surface area contributed by atoms with Crippen LogP contribution in [0.4, 0.5) is 0 Å². The zero-order valence-corrected chi connectivity index (χ0v) is 8.25. The summed E-state index contributed by atoms with van der Waals surface area (Å²) in [7, 11) is 0. The first-order valence-corrected chi connectivity index (χ1v) is 5.12. The molecule has 1 aliphatic carbocycles. The maximum absolute atomic E-state index is 10.3. The zero-order chi connectivity index (χ0) is 9.53. The molecule has 0 amide bonds. The molecule has 2 fully saturated rings. The number of rotatable bonds is 2. The Morgan fingerprint density at radius 1 is 1.62 bits per heavy atom. The molecular weight excluding hydrogens is 164 g/mol. The van der Waals surface area contributed by atoms with Gasteiger partial charge in [0.25, 0.3) is 0 Å². The third-order valence-electron chi connectivity index (χ3n) is 4.04. The van der Waals surface area contributed by atoms with Crippen LogP contribution in [-0.4, -0.2) is 17.5 Å². The van der Waals surface area contributed by atoms with E-state index in [9.17, 15) is 5.11 Å². The van der Waals surface area contributed by atoms with Gasteiger partial charge in [-0.05, 0) is 25.2 Å². The quantitative estimate of drug-likeness (QED) is 0.663. The minimum Gasteiger partial charge on any atom is -0.365 e. The molecule has 2 nitrogen and oxygen atoms in total. The van der Waals surface area contributed by atoms with E-state index in [1.54, 1.807) is 0 Å². The van der Waals surface area contributed by atoms with Gasteiger partial charge in [-0.25, -0.2) is 0 Å². The first kappa shape index (κ1) is 9.22. The number of hydrogen-bond acceptors (Lipinski definition) is 2. The lowest BCUT2D eigenvalue weighted by Crippen LogP contribution is -2.42. The predicted octanol–water partition coefficient (Wildman–Crippen LogP) is 2.09. The van der Waals surface area contributed by atoms with E-state index in [0.29, 0.717) is 12.5 Å². The third kappa shape index (κ3) is 1.02. The molecule has 2 aliphatic rings. The molecule has 0 aromatic rings. The second-order valence-electron chi connectivity index (χ2n) is 4.47. The Balaban J connectivity index is 2.32. The van der Waals surface area contributed by atoms with Crippen molar-refractivity contribution in [1.82, 2.24) is 0 Å². The largest absolute Gasteiger partial charge is 0.365 e. The topological polar surface area (TPSA) is 29.5 Å². The molecule has 1 saturated carbocycles. The normalized spacial score (nSPS) is 49.2. The molecule has 1 saturated heterocycles. The zero-order valence-electron chi connectivity index (χ0n) is 8.25.